The fourth-order valence-corrected chi connectivity index (χ4v) is 3.18. The highest BCUT2D eigenvalue weighted by molar-refractivity contribution is 5.95. The van der Waals surface area contributed by atoms with Crippen LogP contribution >= 0.6 is 0 Å². The van der Waals surface area contributed by atoms with Crippen molar-refractivity contribution < 1.29 is 14.3 Å². The molecule has 0 saturated carbocycles. The van der Waals surface area contributed by atoms with Gasteiger partial charge < -0.3 is 14.5 Å². The van der Waals surface area contributed by atoms with Crippen molar-refractivity contribution in [3.05, 3.63) is 101 Å². The molecule has 5 nitrogen and oxygen atoms in total. The highest BCUT2D eigenvalue weighted by Gasteiger charge is 2.15. The predicted octanol–water partition coefficient (Wildman–Crippen LogP) is 4.63. The van der Waals surface area contributed by atoms with Gasteiger partial charge in [-0.1, -0.05) is 42.5 Å². The van der Waals surface area contributed by atoms with Crippen LogP contribution < -0.4 is 4.74 Å². The zero-order valence-corrected chi connectivity index (χ0v) is 18.2. The maximum absolute atomic E-state index is 13.0. The summed E-state index contributed by atoms with van der Waals surface area (Å²) in [4.78, 5) is 28.3. The Hall–Kier alpha value is -3.60. The minimum Gasteiger partial charge on any atom is -0.489 e. The smallest absolute Gasteiger partial charge is 0.254 e. The molecule has 3 aromatic rings. The lowest BCUT2D eigenvalue weighted by molar-refractivity contribution is 0.0751. The lowest BCUT2D eigenvalue weighted by Gasteiger charge is -2.21. The molecule has 0 atom stereocenters. The van der Waals surface area contributed by atoms with Crippen LogP contribution in [0, 0.1) is 0 Å². The van der Waals surface area contributed by atoms with Gasteiger partial charge in [0.2, 0.25) is 0 Å². The Bertz CT molecular complexity index is 997. The molecule has 3 aromatic carbocycles. The van der Waals surface area contributed by atoms with Crippen molar-refractivity contribution in [3.63, 3.8) is 0 Å². The van der Waals surface area contributed by atoms with Crippen LogP contribution in [0.3, 0.4) is 0 Å². The standard InChI is InChI=1S/C26H28N2O3/c1-4-28(18-20-10-12-22(13-11-20)25(29)27(2)3)26(30)23-14-16-24(17-15-23)31-19-21-8-6-5-7-9-21/h5-17H,4,18-19H2,1-3H3. The first-order valence-corrected chi connectivity index (χ1v) is 10.3. The van der Waals surface area contributed by atoms with Gasteiger partial charge in [0.05, 0.1) is 0 Å². The molecule has 0 bridgehead atoms. The van der Waals surface area contributed by atoms with Crippen molar-refractivity contribution in [1.29, 1.82) is 0 Å². The molecular weight excluding hydrogens is 388 g/mol. The molecule has 0 aliphatic carbocycles. The molecule has 31 heavy (non-hydrogen) atoms. The predicted molar refractivity (Wildman–Crippen MR) is 122 cm³/mol. The first kappa shape index (κ1) is 22.1. The van der Waals surface area contributed by atoms with Crippen molar-refractivity contribution in [3.8, 4) is 5.75 Å². The zero-order valence-electron chi connectivity index (χ0n) is 18.2. The Morgan fingerprint density at radius 3 is 1.90 bits per heavy atom. The fraction of sp³-hybridized carbons (Fsp3) is 0.231. The summed E-state index contributed by atoms with van der Waals surface area (Å²) >= 11 is 0. The van der Waals surface area contributed by atoms with Gasteiger partial charge in [-0.15, -0.1) is 0 Å². The lowest BCUT2D eigenvalue weighted by Crippen LogP contribution is -2.30. The normalized spacial score (nSPS) is 10.4. The van der Waals surface area contributed by atoms with Crippen molar-refractivity contribution in [2.75, 3.05) is 20.6 Å². The Morgan fingerprint density at radius 2 is 1.32 bits per heavy atom. The van der Waals surface area contributed by atoms with E-state index in [-0.39, 0.29) is 11.8 Å². The van der Waals surface area contributed by atoms with Crippen LogP contribution in [-0.2, 0) is 13.2 Å². The summed E-state index contributed by atoms with van der Waals surface area (Å²) in [6.07, 6.45) is 0. The minimum atomic E-state index is -0.0375. The zero-order chi connectivity index (χ0) is 22.2. The fourth-order valence-electron chi connectivity index (χ4n) is 3.18. The van der Waals surface area contributed by atoms with E-state index < -0.39 is 0 Å². The second kappa shape index (κ2) is 10.4. The summed E-state index contributed by atoms with van der Waals surface area (Å²) in [6.45, 7) is 3.52. The molecule has 0 aliphatic rings. The van der Waals surface area contributed by atoms with Gasteiger partial charge in [-0.05, 0) is 54.4 Å². The number of rotatable bonds is 8. The van der Waals surface area contributed by atoms with Gasteiger partial charge in [0.25, 0.3) is 11.8 Å². The number of ether oxygens (including phenoxy) is 1. The topological polar surface area (TPSA) is 49.9 Å². The highest BCUT2D eigenvalue weighted by atomic mass is 16.5. The van der Waals surface area contributed by atoms with Crippen LogP contribution in [-0.4, -0.2) is 42.3 Å². The molecular formula is C26H28N2O3. The molecule has 0 aliphatic heterocycles. The van der Waals surface area contributed by atoms with Crippen LogP contribution in [0.25, 0.3) is 0 Å². The number of carbonyl (C=O) groups is 2. The Morgan fingerprint density at radius 1 is 0.742 bits per heavy atom. The van der Waals surface area contributed by atoms with Gasteiger partial charge >= 0.3 is 0 Å². The summed E-state index contributed by atoms with van der Waals surface area (Å²) in [5, 5.41) is 0. The van der Waals surface area contributed by atoms with Crippen molar-refractivity contribution >= 4 is 11.8 Å². The molecule has 0 radical (unpaired) electrons. The molecule has 0 aromatic heterocycles. The van der Waals surface area contributed by atoms with Gasteiger partial charge in [-0.3, -0.25) is 9.59 Å². The van der Waals surface area contributed by atoms with E-state index in [2.05, 4.69) is 0 Å². The first-order chi connectivity index (χ1) is 15.0. The van der Waals surface area contributed by atoms with E-state index >= 15 is 0 Å². The number of carbonyl (C=O) groups excluding carboxylic acids is 2. The number of hydrogen-bond acceptors (Lipinski definition) is 3. The van der Waals surface area contributed by atoms with Crippen LogP contribution in [0.2, 0.25) is 0 Å². The second-order valence-corrected chi connectivity index (χ2v) is 7.51. The number of amides is 2. The molecule has 2 amide bonds. The number of nitrogens with zero attached hydrogens (tertiary/aromatic N) is 2. The van der Waals surface area contributed by atoms with E-state index in [1.807, 2.05) is 61.5 Å². The number of hydrogen-bond donors (Lipinski definition) is 0. The van der Waals surface area contributed by atoms with E-state index in [9.17, 15) is 9.59 Å². The molecule has 3 rings (SSSR count). The molecule has 0 N–H and O–H groups in total. The van der Waals surface area contributed by atoms with Gasteiger partial charge in [0, 0.05) is 38.3 Å². The lowest BCUT2D eigenvalue weighted by atomic mass is 10.1. The average molecular weight is 417 g/mol. The third kappa shape index (κ3) is 5.95. The van der Waals surface area contributed by atoms with Crippen LogP contribution in [0.4, 0.5) is 0 Å². The SMILES string of the molecule is CCN(Cc1ccc(C(=O)N(C)C)cc1)C(=O)c1ccc(OCc2ccccc2)cc1. The van der Waals surface area contributed by atoms with E-state index in [4.69, 9.17) is 4.74 Å². The minimum absolute atomic E-state index is 0.0365. The Kier molecular flexibility index (Phi) is 7.44. The Labute approximate surface area is 183 Å². The molecule has 0 saturated heterocycles. The van der Waals surface area contributed by atoms with Crippen molar-refractivity contribution in [2.45, 2.75) is 20.1 Å². The van der Waals surface area contributed by atoms with Crippen LogP contribution in [0.1, 0.15) is 38.8 Å². The maximum atomic E-state index is 13.0. The summed E-state index contributed by atoms with van der Waals surface area (Å²) in [6, 6.07) is 24.6. The molecule has 5 heteroatoms. The molecule has 160 valence electrons. The van der Waals surface area contributed by atoms with Crippen molar-refractivity contribution in [2.24, 2.45) is 0 Å². The van der Waals surface area contributed by atoms with Gasteiger partial charge in [-0.25, -0.2) is 0 Å². The molecule has 0 heterocycles. The molecule has 0 spiro atoms. The molecule has 0 unspecified atom stereocenters. The Balaban J connectivity index is 1.61. The third-order valence-electron chi connectivity index (χ3n) is 5.00. The average Bonchev–Trinajstić information content (AvgIpc) is 2.81. The summed E-state index contributed by atoms with van der Waals surface area (Å²) in [5.41, 5.74) is 3.33. The van der Waals surface area contributed by atoms with E-state index in [0.29, 0.717) is 30.8 Å². The van der Waals surface area contributed by atoms with Gasteiger partial charge in [-0.2, -0.15) is 0 Å². The molecule has 0 fully saturated rings. The third-order valence-corrected chi connectivity index (χ3v) is 5.00. The summed E-state index contributed by atoms with van der Waals surface area (Å²) < 4.78 is 5.80. The van der Waals surface area contributed by atoms with Gasteiger partial charge in [0.15, 0.2) is 0 Å². The summed E-state index contributed by atoms with van der Waals surface area (Å²) in [5.74, 6) is 0.653. The highest BCUT2D eigenvalue weighted by Crippen LogP contribution is 2.17. The largest absolute Gasteiger partial charge is 0.489 e. The van der Waals surface area contributed by atoms with Crippen LogP contribution in [0.5, 0.6) is 5.75 Å². The van der Waals surface area contributed by atoms with Gasteiger partial charge in [0.1, 0.15) is 12.4 Å². The number of benzene rings is 3. The van der Waals surface area contributed by atoms with Crippen LogP contribution in [0.15, 0.2) is 78.9 Å². The summed E-state index contributed by atoms with van der Waals surface area (Å²) in [7, 11) is 3.46. The monoisotopic (exact) mass is 416 g/mol. The second-order valence-electron chi connectivity index (χ2n) is 7.51. The quantitative estimate of drug-likeness (QED) is 0.538. The first-order valence-electron chi connectivity index (χ1n) is 10.3. The maximum Gasteiger partial charge on any atom is 0.254 e. The van der Waals surface area contributed by atoms with E-state index in [1.54, 1.807) is 48.2 Å². The van der Waals surface area contributed by atoms with Crippen molar-refractivity contribution in [1.82, 2.24) is 9.80 Å². The van der Waals surface area contributed by atoms with E-state index in [1.165, 1.54) is 0 Å². The van der Waals surface area contributed by atoms with E-state index in [0.717, 1.165) is 16.9 Å².